The molecule has 1 heterocycles. The second-order valence-electron chi connectivity index (χ2n) is 6.15. The lowest BCUT2D eigenvalue weighted by molar-refractivity contribution is 0.166. The summed E-state index contributed by atoms with van der Waals surface area (Å²) in [6, 6.07) is 7.98. The number of ether oxygens (including phenoxy) is 1. The Morgan fingerprint density at radius 1 is 1.43 bits per heavy atom. The Labute approximate surface area is 127 Å². The highest BCUT2D eigenvalue weighted by atomic mass is 16.5. The minimum Gasteiger partial charge on any atom is -0.491 e. The zero-order valence-electron chi connectivity index (χ0n) is 13.3. The molecule has 2 amide bonds. The summed E-state index contributed by atoms with van der Waals surface area (Å²) in [5.74, 6) is 1.58. The Bertz CT molecular complexity index is 468. The lowest BCUT2D eigenvalue weighted by Crippen LogP contribution is -2.48. The molecule has 4 nitrogen and oxygen atoms in total. The molecule has 1 aromatic carbocycles. The number of nitrogens with one attached hydrogen (secondary N) is 1. The maximum atomic E-state index is 12.1. The first-order valence-corrected chi connectivity index (χ1v) is 7.79. The number of rotatable bonds is 4. The van der Waals surface area contributed by atoms with Crippen LogP contribution in [0.3, 0.4) is 0 Å². The minimum absolute atomic E-state index is 0.00244. The molecule has 21 heavy (non-hydrogen) atoms. The van der Waals surface area contributed by atoms with E-state index >= 15 is 0 Å². The number of urea groups is 1. The van der Waals surface area contributed by atoms with Crippen molar-refractivity contribution < 1.29 is 9.53 Å². The van der Waals surface area contributed by atoms with Crippen molar-refractivity contribution in [1.29, 1.82) is 0 Å². The molecule has 1 fully saturated rings. The lowest BCUT2D eigenvalue weighted by Gasteiger charge is -2.31. The summed E-state index contributed by atoms with van der Waals surface area (Å²) in [6.07, 6.45) is 2.20. The van der Waals surface area contributed by atoms with Crippen LogP contribution >= 0.6 is 0 Å². The van der Waals surface area contributed by atoms with Gasteiger partial charge in [-0.3, -0.25) is 0 Å². The zero-order chi connectivity index (χ0) is 15.2. The number of amides is 2. The van der Waals surface area contributed by atoms with Crippen LogP contribution in [0.4, 0.5) is 4.79 Å². The predicted octanol–water partition coefficient (Wildman–Crippen LogP) is 3.20. The van der Waals surface area contributed by atoms with Crippen LogP contribution in [0.25, 0.3) is 0 Å². The molecule has 0 bridgehead atoms. The van der Waals surface area contributed by atoms with E-state index in [1.807, 2.05) is 43.0 Å². The van der Waals surface area contributed by atoms with Crippen molar-refractivity contribution in [3.63, 3.8) is 0 Å². The number of nitrogens with zero attached hydrogens (tertiary/aromatic N) is 1. The van der Waals surface area contributed by atoms with Gasteiger partial charge in [0.1, 0.15) is 12.4 Å². The molecule has 1 aliphatic heterocycles. The normalized spacial score (nSPS) is 17.4. The van der Waals surface area contributed by atoms with Gasteiger partial charge in [0, 0.05) is 13.1 Å². The summed E-state index contributed by atoms with van der Waals surface area (Å²) in [5.41, 5.74) is 1.17. The molecule has 116 valence electrons. The third-order valence-corrected chi connectivity index (χ3v) is 3.93. The van der Waals surface area contributed by atoms with Crippen molar-refractivity contribution in [2.75, 3.05) is 19.7 Å². The van der Waals surface area contributed by atoms with Crippen molar-refractivity contribution in [1.82, 2.24) is 10.2 Å². The fraction of sp³-hybridized carbons (Fsp3) is 0.588. The van der Waals surface area contributed by atoms with Gasteiger partial charge in [-0.1, -0.05) is 19.1 Å². The van der Waals surface area contributed by atoms with Crippen LogP contribution in [0.2, 0.25) is 0 Å². The monoisotopic (exact) mass is 290 g/mol. The molecule has 1 aromatic rings. The van der Waals surface area contributed by atoms with E-state index in [2.05, 4.69) is 12.2 Å². The van der Waals surface area contributed by atoms with E-state index in [0.717, 1.165) is 37.6 Å². The molecule has 1 atom stereocenters. The lowest BCUT2D eigenvalue weighted by atomic mass is 10.00. The van der Waals surface area contributed by atoms with E-state index in [-0.39, 0.29) is 12.1 Å². The van der Waals surface area contributed by atoms with Gasteiger partial charge in [0.15, 0.2) is 0 Å². The maximum Gasteiger partial charge on any atom is 0.317 e. The van der Waals surface area contributed by atoms with Crippen molar-refractivity contribution in [2.45, 2.75) is 39.7 Å². The standard InChI is InChI=1S/C17H26N2O2/c1-13-7-9-19(10-8-13)17(20)18-15(3)12-21-16-6-4-5-14(2)11-16/h4-6,11,13,15H,7-10,12H2,1-3H3,(H,18,20). The van der Waals surface area contributed by atoms with Crippen LogP contribution in [0, 0.1) is 12.8 Å². The summed E-state index contributed by atoms with van der Waals surface area (Å²) in [6.45, 7) is 8.46. The number of benzene rings is 1. The average Bonchev–Trinajstić information content (AvgIpc) is 2.46. The number of carbonyl (C=O) groups is 1. The van der Waals surface area contributed by atoms with Gasteiger partial charge in [-0.2, -0.15) is 0 Å². The molecular formula is C17H26N2O2. The molecule has 0 spiro atoms. The van der Waals surface area contributed by atoms with Crippen LogP contribution in [0.15, 0.2) is 24.3 Å². The molecule has 1 saturated heterocycles. The SMILES string of the molecule is Cc1cccc(OCC(C)NC(=O)N2CCC(C)CC2)c1. The Hall–Kier alpha value is -1.71. The number of piperidine rings is 1. The average molecular weight is 290 g/mol. The largest absolute Gasteiger partial charge is 0.491 e. The van der Waals surface area contributed by atoms with E-state index in [1.165, 1.54) is 5.56 Å². The highest BCUT2D eigenvalue weighted by molar-refractivity contribution is 5.74. The number of hydrogen-bond acceptors (Lipinski definition) is 2. The summed E-state index contributed by atoms with van der Waals surface area (Å²) in [5, 5.41) is 3.01. The van der Waals surface area contributed by atoms with Gasteiger partial charge >= 0.3 is 6.03 Å². The molecular weight excluding hydrogens is 264 g/mol. The molecule has 1 aliphatic rings. The van der Waals surface area contributed by atoms with Crippen LogP contribution in [0.5, 0.6) is 5.75 Å². The zero-order valence-corrected chi connectivity index (χ0v) is 13.3. The minimum atomic E-state index is -0.00244. The van der Waals surface area contributed by atoms with Crippen molar-refractivity contribution >= 4 is 6.03 Å². The Morgan fingerprint density at radius 2 is 2.14 bits per heavy atom. The summed E-state index contributed by atoms with van der Waals surface area (Å²) < 4.78 is 5.72. The molecule has 1 unspecified atom stereocenters. The molecule has 2 rings (SSSR count). The van der Waals surface area contributed by atoms with Crippen LogP contribution in [0.1, 0.15) is 32.3 Å². The van der Waals surface area contributed by atoms with Gasteiger partial charge in [0.05, 0.1) is 6.04 Å². The van der Waals surface area contributed by atoms with E-state index in [1.54, 1.807) is 0 Å². The number of likely N-dealkylation sites (tertiary alicyclic amines) is 1. The highest BCUT2D eigenvalue weighted by Crippen LogP contribution is 2.16. The highest BCUT2D eigenvalue weighted by Gasteiger charge is 2.21. The van der Waals surface area contributed by atoms with Crippen molar-refractivity contribution in [3.8, 4) is 5.75 Å². The quantitative estimate of drug-likeness (QED) is 0.925. The van der Waals surface area contributed by atoms with E-state index in [9.17, 15) is 4.79 Å². The molecule has 0 saturated carbocycles. The van der Waals surface area contributed by atoms with Crippen molar-refractivity contribution in [2.24, 2.45) is 5.92 Å². The fourth-order valence-corrected chi connectivity index (χ4v) is 2.48. The Morgan fingerprint density at radius 3 is 2.81 bits per heavy atom. The summed E-state index contributed by atoms with van der Waals surface area (Å²) in [4.78, 5) is 14.0. The van der Waals surface area contributed by atoms with Gasteiger partial charge in [-0.15, -0.1) is 0 Å². The third kappa shape index (κ3) is 4.96. The first kappa shape index (κ1) is 15.7. The molecule has 0 aliphatic carbocycles. The maximum absolute atomic E-state index is 12.1. The molecule has 0 aromatic heterocycles. The number of carbonyl (C=O) groups excluding carboxylic acids is 1. The summed E-state index contributed by atoms with van der Waals surface area (Å²) >= 11 is 0. The number of hydrogen-bond donors (Lipinski definition) is 1. The van der Waals surface area contributed by atoms with Gasteiger partial charge in [-0.25, -0.2) is 4.79 Å². The van der Waals surface area contributed by atoms with Gasteiger partial charge < -0.3 is 15.0 Å². The van der Waals surface area contributed by atoms with Crippen LogP contribution in [-0.4, -0.2) is 36.7 Å². The first-order valence-electron chi connectivity index (χ1n) is 7.79. The molecule has 0 radical (unpaired) electrons. The first-order chi connectivity index (χ1) is 10.0. The van der Waals surface area contributed by atoms with Gasteiger partial charge in [0.2, 0.25) is 0 Å². The van der Waals surface area contributed by atoms with Crippen LogP contribution in [-0.2, 0) is 0 Å². The second kappa shape index (κ2) is 7.34. The predicted molar refractivity (Wildman–Crippen MR) is 84.6 cm³/mol. The number of aryl methyl sites for hydroxylation is 1. The van der Waals surface area contributed by atoms with Crippen LogP contribution < -0.4 is 10.1 Å². The second-order valence-corrected chi connectivity index (χ2v) is 6.15. The van der Waals surface area contributed by atoms with Gasteiger partial charge in [0.25, 0.3) is 0 Å². The molecule has 1 N–H and O–H groups in total. The smallest absolute Gasteiger partial charge is 0.317 e. The Balaban J connectivity index is 1.74. The molecule has 4 heteroatoms. The van der Waals surface area contributed by atoms with E-state index in [0.29, 0.717) is 6.61 Å². The topological polar surface area (TPSA) is 41.6 Å². The van der Waals surface area contributed by atoms with E-state index < -0.39 is 0 Å². The Kier molecular flexibility index (Phi) is 5.48. The summed E-state index contributed by atoms with van der Waals surface area (Å²) in [7, 11) is 0. The van der Waals surface area contributed by atoms with Gasteiger partial charge in [-0.05, 0) is 50.3 Å². The third-order valence-electron chi connectivity index (χ3n) is 3.93. The fourth-order valence-electron chi connectivity index (χ4n) is 2.48. The van der Waals surface area contributed by atoms with E-state index in [4.69, 9.17) is 4.74 Å². The van der Waals surface area contributed by atoms with Crippen molar-refractivity contribution in [3.05, 3.63) is 29.8 Å².